The maximum Gasteiger partial charge on any atom is 0.182 e. The zero-order valence-corrected chi connectivity index (χ0v) is 12.5. The standard InChI is InChI=1S/C14H18N4OS/c1-3-4-9-19-12-7-5-11(6-8-12)17-18-13-10(2)16-14(15)20-13/h5-8H,3-4,9H2,1-2H3,(H2,15,16). The molecule has 6 heteroatoms. The van der Waals surface area contributed by atoms with Gasteiger partial charge in [0.2, 0.25) is 0 Å². The Hall–Kier alpha value is -1.95. The molecule has 0 saturated heterocycles. The van der Waals surface area contributed by atoms with Crippen molar-refractivity contribution in [3.8, 4) is 5.75 Å². The van der Waals surface area contributed by atoms with Crippen LogP contribution in [0.3, 0.4) is 0 Å². The summed E-state index contributed by atoms with van der Waals surface area (Å²) >= 11 is 1.33. The van der Waals surface area contributed by atoms with Gasteiger partial charge in [-0.2, -0.15) is 0 Å². The van der Waals surface area contributed by atoms with E-state index >= 15 is 0 Å². The smallest absolute Gasteiger partial charge is 0.182 e. The van der Waals surface area contributed by atoms with E-state index in [0.717, 1.165) is 41.6 Å². The highest BCUT2D eigenvalue weighted by atomic mass is 32.1. The molecule has 0 amide bonds. The molecule has 2 aromatic rings. The third-order valence-electron chi connectivity index (χ3n) is 2.65. The summed E-state index contributed by atoms with van der Waals surface area (Å²) in [4.78, 5) is 4.10. The van der Waals surface area contributed by atoms with Crippen LogP contribution in [0.25, 0.3) is 0 Å². The average Bonchev–Trinajstić information content (AvgIpc) is 2.76. The van der Waals surface area contributed by atoms with E-state index in [1.165, 1.54) is 11.3 Å². The molecule has 0 aliphatic heterocycles. The lowest BCUT2D eigenvalue weighted by atomic mass is 10.3. The van der Waals surface area contributed by atoms with Crippen molar-refractivity contribution in [2.75, 3.05) is 12.3 Å². The Balaban J connectivity index is 1.98. The van der Waals surface area contributed by atoms with E-state index < -0.39 is 0 Å². The highest BCUT2D eigenvalue weighted by molar-refractivity contribution is 7.19. The minimum atomic E-state index is 0.510. The molecule has 0 aliphatic carbocycles. The third kappa shape index (κ3) is 4.03. The SMILES string of the molecule is CCCCOc1ccc(N=Nc2sc(N)nc2C)cc1. The molecule has 1 aromatic heterocycles. The van der Waals surface area contributed by atoms with Gasteiger partial charge in [0.05, 0.1) is 18.0 Å². The van der Waals surface area contributed by atoms with Crippen LogP contribution < -0.4 is 10.5 Å². The van der Waals surface area contributed by atoms with Crippen molar-refractivity contribution in [2.24, 2.45) is 10.2 Å². The minimum absolute atomic E-state index is 0.510. The summed E-state index contributed by atoms with van der Waals surface area (Å²) in [5, 5.41) is 9.59. The lowest BCUT2D eigenvalue weighted by Crippen LogP contribution is -1.95. The molecule has 2 N–H and O–H groups in total. The molecular weight excluding hydrogens is 272 g/mol. The van der Waals surface area contributed by atoms with Gasteiger partial charge in [-0.1, -0.05) is 24.7 Å². The number of hydrogen-bond acceptors (Lipinski definition) is 6. The minimum Gasteiger partial charge on any atom is -0.494 e. The van der Waals surface area contributed by atoms with Gasteiger partial charge in [0, 0.05) is 0 Å². The molecule has 0 bridgehead atoms. The number of ether oxygens (including phenoxy) is 1. The Morgan fingerprint density at radius 1 is 1.25 bits per heavy atom. The van der Waals surface area contributed by atoms with Crippen molar-refractivity contribution in [3.05, 3.63) is 30.0 Å². The first-order chi connectivity index (χ1) is 9.69. The number of thiazole rings is 1. The number of aryl methyl sites for hydroxylation is 1. The second kappa shape index (κ2) is 7.00. The van der Waals surface area contributed by atoms with Crippen LogP contribution in [0.4, 0.5) is 15.8 Å². The van der Waals surface area contributed by atoms with E-state index in [4.69, 9.17) is 10.5 Å². The summed E-state index contributed by atoms with van der Waals surface area (Å²) in [6.45, 7) is 4.75. The van der Waals surface area contributed by atoms with Gasteiger partial charge in [-0.05, 0) is 37.6 Å². The maximum atomic E-state index is 5.62. The molecule has 0 fully saturated rings. The van der Waals surface area contributed by atoms with Crippen LogP contribution in [-0.4, -0.2) is 11.6 Å². The van der Waals surface area contributed by atoms with Gasteiger partial charge >= 0.3 is 0 Å². The number of hydrogen-bond donors (Lipinski definition) is 1. The van der Waals surface area contributed by atoms with Gasteiger partial charge in [0.1, 0.15) is 5.75 Å². The number of anilines is 1. The zero-order valence-electron chi connectivity index (χ0n) is 11.7. The van der Waals surface area contributed by atoms with Gasteiger partial charge < -0.3 is 10.5 Å². The van der Waals surface area contributed by atoms with Gasteiger partial charge in [-0.3, -0.25) is 0 Å². The Morgan fingerprint density at radius 2 is 2.00 bits per heavy atom. The molecule has 0 atom stereocenters. The monoisotopic (exact) mass is 290 g/mol. The van der Waals surface area contributed by atoms with E-state index in [9.17, 15) is 0 Å². The van der Waals surface area contributed by atoms with Gasteiger partial charge in [-0.25, -0.2) is 4.98 Å². The molecule has 1 heterocycles. The fraction of sp³-hybridized carbons (Fsp3) is 0.357. The average molecular weight is 290 g/mol. The van der Waals surface area contributed by atoms with Gasteiger partial charge in [-0.15, -0.1) is 10.2 Å². The number of aromatic nitrogens is 1. The topological polar surface area (TPSA) is 72.9 Å². The highest BCUT2D eigenvalue weighted by Crippen LogP contribution is 2.30. The molecule has 0 unspecified atom stereocenters. The van der Waals surface area contributed by atoms with Crippen LogP contribution in [0, 0.1) is 6.92 Å². The van der Waals surface area contributed by atoms with Crippen molar-refractivity contribution in [3.63, 3.8) is 0 Å². The van der Waals surface area contributed by atoms with E-state index in [1.54, 1.807) is 0 Å². The van der Waals surface area contributed by atoms with E-state index in [-0.39, 0.29) is 0 Å². The van der Waals surface area contributed by atoms with Crippen molar-refractivity contribution < 1.29 is 4.74 Å². The van der Waals surface area contributed by atoms with Crippen LogP contribution in [-0.2, 0) is 0 Å². The summed E-state index contributed by atoms with van der Waals surface area (Å²) in [7, 11) is 0. The summed E-state index contributed by atoms with van der Waals surface area (Å²) in [6.07, 6.45) is 2.19. The molecule has 5 nitrogen and oxygen atoms in total. The number of benzene rings is 1. The molecular formula is C14H18N4OS. The lowest BCUT2D eigenvalue weighted by Gasteiger charge is -2.04. The first kappa shape index (κ1) is 14.5. The van der Waals surface area contributed by atoms with E-state index in [2.05, 4.69) is 22.1 Å². The molecule has 2 rings (SSSR count). The number of nitrogens with two attached hydrogens (primary N) is 1. The number of nitrogen functional groups attached to an aromatic ring is 1. The number of azo groups is 1. The van der Waals surface area contributed by atoms with Gasteiger partial charge in [0.15, 0.2) is 10.1 Å². The molecule has 0 saturated carbocycles. The van der Waals surface area contributed by atoms with Crippen molar-refractivity contribution >= 4 is 27.2 Å². The Bertz CT molecular complexity index is 577. The van der Waals surface area contributed by atoms with E-state index in [1.807, 2.05) is 31.2 Å². The predicted octanol–water partition coefficient (Wildman–Crippen LogP) is 4.63. The summed E-state index contributed by atoms with van der Waals surface area (Å²) in [5.74, 6) is 0.857. The van der Waals surface area contributed by atoms with Crippen LogP contribution in [0.1, 0.15) is 25.5 Å². The van der Waals surface area contributed by atoms with Crippen LogP contribution in [0.15, 0.2) is 34.5 Å². The van der Waals surface area contributed by atoms with E-state index in [0.29, 0.717) is 5.13 Å². The lowest BCUT2D eigenvalue weighted by molar-refractivity contribution is 0.309. The summed E-state index contributed by atoms with van der Waals surface area (Å²) in [6, 6.07) is 7.56. The van der Waals surface area contributed by atoms with Crippen LogP contribution >= 0.6 is 11.3 Å². The quantitative estimate of drug-likeness (QED) is 0.622. The van der Waals surface area contributed by atoms with Crippen LogP contribution in [0.5, 0.6) is 5.75 Å². The molecule has 20 heavy (non-hydrogen) atoms. The second-order valence-electron chi connectivity index (χ2n) is 4.34. The number of rotatable bonds is 6. The van der Waals surface area contributed by atoms with Crippen molar-refractivity contribution in [2.45, 2.75) is 26.7 Å². The normalized spacial score (nSPS) is 11.1. The molecule has 0 radical (unpaired) electrons. The fourth-order valence-corrected chi connectivity index (χ4v) is 2.20. The summed E-state index contributed by atoms with van der Waals surface area (Å²) < 4.78 is 5.59. The molecule has 0 aliphatic rings. The van der Waals surface area contributed by atoms with Crippen LogP contribution in [0.2, 0.25) is 0 Å². The Morgan fingerprint density at radius 3 is 2.60 bits per heavy atom. The van der Waals surface area contributed by atoms with Crippen molar-refractivity contribution in [1.82, 2.24) is 4.98 Å². The van der Waals surface area contributed by atoms with Crippen molar-refractivity contribution in [1.29, 1.82) is 0 Å². The predicted molar refractivity (Wildman–Crippen MR) is 82.3 cm³/mol. The van der Waals surface area contributed by atoms with Gasteiger partial charge in [0.25, 0.3) is 0 Å². The molecule has 1 aromatic carbocycles. The largest absolute Gasteiger partial charge is 0.494 e. The first-order valence-corrected chi connectivity index (χ1v) is 7.38. The number of unbranched alkanes of at least 4 members (excludes halogenated alkanes) is 1. The second-order valence-corrected chi connectivity index (χ2v) is 5.35. The molecule has 106 valence electrons. The Labute approximate surface area is 122 Å². The summed E-state index contributed by atoms with van der Waals surface area (Å²) in [5.41, 5.74) is 7.19. The first-order valence-electron chi connectivity index (χ1n) is 6.56. The highest BCUT2D eigenvalue weighted by Gasteiger charge is 2.03. The molecule has 0 spiro atoms. The zero-order chi connectivity index (χ0) is 14.4. The third-order valence-corrected chi connectivity index (χ3v) is 3.52. The maximum absolute atomic E-state index is 5.62. The number of nitrogens with zero attached hydrogens (tertiary/aromatic N) is 3. The fourth-order valence-electron chi connectivity index (χ4n) is 1.55. The Kier molecular flexibility index (Phi) is 5.06.